The van der Waals surface area contributed by atoms with E-state index in [0.717, 1.165) is 16.8 Å². The minimum absolute atomic E-state index is 0.255. The quantitative estimate of drug-likeness (QED) is 0.446. The Kier molecular flexibility index (Phi) is 6.91. The van der Waals surface area contributed by atoms with E-state index in [9.17, 15) is 4.79 Å². The van der Waals surface area contributed by atoms with E-state index < -0.39 is 6.17 Å². The van der Waals surface area contributed by atoms with Gasteiger partial charge in [0.2, 0.25) is 6.17 Å². The van der Waals surface area contributed by atoms with Gasteiger partial charge in [-0.2, -0.15) is 0 Å². The van der Waals surface area contributed by atoms with Gasteiger partial charge >= 0.3 is 0 Å². The molecule has 0 aliphatic carbocycles. The van der Waals surface area contributed by atoms with Crippen molar-refractivity contribution in [2.75, 3.05) is 23.9 Å². The number of fused-ring (bicyclic) bond motifs is 1. The monoisotopic (exact) mass is 516 g/mol. The first kappa shape index (κ1) is 23.5. The maximum absolute atomic E-state index is 13.4. The van der Waals surface area contributed by atoms with Gasteiger partial charge in [-0.1, -0.05) is 65.1 Å². The third-order valence-electron chi connectivity index (χ3n) is 5.30. The van der Waals surface area contributed by atoms with Gasteiger partial charge in [-0.15, -0.1) is 0 Å². The number of hydrogen-bond acceptors (Lipinski definition) is 3. The number of carbonyl (C=O) groups is 1. The molecule has 0 saturated heterocycles. The minimum atomic E-state index is -0.950. The van der Waals surface area contributed by atoms with E-state index in [1.807, 2.05) is 42.5 Å². The number of carbonyl (C=O) groups excluding carboxylic acids is 1. The highest BCUT2D eigenvalue weighted by atomic mass is 35.5. The molecule has 3 aromatic rings. The normalized spacial score (nSPS) is 15.4. The highest BCUT2D eigenvalue weighted by molar-refractivity contribution is 7.80. The molecule has 0 fully saturated rings. The van der Waals surface area contributed by atoms with E-state index in [0.29, 0.717) is 31.6 Å². The zero-order valence-corrected chi connectivity index (χ0v) is 20.8. The fourth-order valence-corrected chi connectivity index (χ4v) is 4.17. The second-order valence-electron chi connectivity index (χ2n) is 7.41. The molecule has 3 aromatic carbocycles. The molecule has 1 heterocycles. The van der Waals surface area contributed by atoms with Crippen molar-refractivity contribution in [2.45, 2.75) is 6.17 Å². The Morgan fingerprint density at radius 1 is 1.03 bits per heavy atom. The lowest BCUT2D eigenvalue weighted by molar-refractivity contribution is -0.119. The number of benzodiazepines with no additional fused rings is 1. The van der Waals surface area contributed by atoms with Crippen LogP contribution in [0.25, 0.3) is 0 Å². The van der Waals surface area contributed by atoms with Gasteiger partial charge in [-0.05, 0) is 48.6 Å². The second-order valence-corrected chi connectivity index (χ2v) is 9.05. The molecule has 0 radical (unpaired) electrons. The summed E-state index contributed by atoms with van der Waals surface area (Å²) in [6, 6.07) is 20.2. The summed E-state index contributed by atoms with van der Waals surface area (Å²) in [5.74, 6) is -0.255. The molecule has 0 bridgehead atoms. The number of anilines is 2. The molecule has 9 heteroatoms. The number of likely N-dealkylation sites (N-methyl/N-ethyl adjacent to an activating group) is 1. The van der Waals surface area contributed by atoms with Crippen LogP contribution in [-0.4, -0.2) is 37.0 Å². The van der Waals surface area contributed by atoms with Crippen LogP contribution in [0.15, 0.2) is 71.7 Å². The predicted molar refractivity (Wildman–Crippen MR) is 141 cm³/mol. The van der Waals surface area contributed by atoms with Crippen LogP contribution in [0.3, 0.4) is 0 Å². The van der Waals surface area contributed by atoms with Gasteiger partial charge in [0.15, 0.2) is 5.11 Å². The van der Waals surface area contributed by atoms with Gasteiger partial charge in [0.05, 0.1) is 21.4 Å². The van der Waals surface area contributed by atoms with Crippen molar-refractivity contribution < 1.29 is 4.79 Å². The number of thiocarbonyl (C=S) groups is 1. The molecule has 0 aromatic heterocycles. The fraction of sp³-hybridized carbons (Fsp3) is 0.125. The average molecular weight is 518 g/mol. The first-order valence-corrected chi connectivity index (χ1v) is 11.5. The zero-order valence-electron chi connectivity index (χ0n) is 17.7. The number of benzene rings is 3. The number of halogens is 3. The molecule has 0 saturated carbocycles. The van der Waals surface area contributed by atoms with Crippen molar-refractivity contribution >= 4 is 75.1 Å². The molecular formula is C24H19Cl3N4OS. The van der Waals surface area contributed by atoms with Crippen molar-refractivity contribution in [1.29, 1.82) is 0 Å². The van der Waals surface area contributed by atoms with Gasteiger partial charge in [-0.3, -0.25) is 4.79 Å². The topological polar surface area (TPSA) is 47.9 Å². The summed E-state index contributed by atoms with van der Waals surface area (Å²) in [6.07, 6.45) is -0.950. The van der Waals surface area contributed by atoms with Gasteiger partial charge in [0.25, 0.3) is 5.91 Å². The van der Waals surface area contributed by atoms with E-state index in [4.69, 9.17) is 52.0 Å². The van der Waals surface area contributed by atoms with Crippen LogP contribution in [0.4, 0.5) is 11.4 Å². The summed E-state index contributed by atoms with van der Waals surface area (Å²) in [4.78, 5) is 21.4. The third-order valence-corrected chi connectivity index (χ3v) is 6.67. The van der Waals surface area contributed by atoms with Crippen LogP contribution in [-0.2, 0) is 4.79 Å². The molecule has 1 unspecified atom stereocenters. The molecule has 0 spiro atoms. The van der Waals surface area contributed by atoms with Crippen molar-refractivity contribution in [1.82, 2.24) is 5.32 Å². The number of amides is 1. The molecule has 1 atom stereocenters. The van der Waals surface area contributed by atoms with Crippen LogP contribution >= 0.6 is 47.0 Å². The Hall–Kier alpha value is -2.64. The number of rotatable bonds is 3. The Balaban J connectivity index is 1.73. The minimum Gasteiger partial charge on any atom is -0.333 e. The molecule has 33 heavy (non-hydrogen) atoms. The number of nitrogens with one attached hydrogen (secondary N) is 1. The molecule has 1 aliphatic heterocycles. The van der Waals surface area contributed by atoms with Crippen LogP contribution in [0, 0.1) is 0 Å². The van der Waals surface area contributed by atoms with Crippen LogP contribution in [0.2, 0.25) is 15.1 Å². The summed E-state index contributed by atoms with van der Waals surface area (Å²) in [7, 11) is 3.48. The molecule has 1 amide bonds. The van der Waals surface area contributed by atoms with E-state index in [2.05, 4.69) is 5.32 Å². The van der Waals surface area contributed by atoms with Gasteiger partial charge in [0, 0.05) is 35.9 Å². The molecule has 168 valence electrons. The maximum Gasteiger partial charge on any atom is 0.272 e. The Bertz CT molecular complexity index is 1270. The first-order valence-electron chi connectivity index (χ1n) is 9.96. The molecular weight excluding hydrogens is 499 g/mol. The lowest BCUT2D eigenvalue weighted by Gasteiger charge is -2.26. The lowest BCUT2D eigenvalue weighted by atomic mass is 10.0. The summed E-state index contributed by atoms with van der Waals surface area (Å²) in [5, 5.41) is 4.81. The van der Waals surface area contributed by atoms with E-state index in [1.54, 1.807) is 48.2 Å². The van der Waals surface area contributed by atoms with Gasteiger partial charge in [-0.25, -0.2) is 4.99 Å². The fourth-order valence-electron chi connectivity index (χ4n) is 3.49. The highest BCUT2D eigenvalue weighted by Gasteiger charge is 2.31. The van der Waals surface area contributed by atoms with Crippen molar-refractivity contribution in [2.24, 2.45) is 4.99 Å². The Labute approximate surface area is 212 Å². The SMILES string of the molecule is CN(C(=S)NC1N=C(c2ccccc2)c2cc(Cl)ccc2N(C)C1=O)c1ccc(Cl)c(Cl)c1. The largest absolute Gasteiger partial charge is 0.333 e. The standard InChI is InChI=1S/C24H19Cl3N4OS/c1-30(16-9-10-18(26)19(27)13-16)24(33)29-22-23(32)31(2)20-11-8-15(25)12-17(20)21(28-22)14-6-4-3-5-7-14/h3-13,22H,1-2H3,(H,29,33). The first-order chi connectivity index (χ1) is 15.8. The Morgan fingerprint density at radius 3 is 2.45 bits per heavy atom. The second kappa shape index (κ2) is 9.69. The summed E-state index contributed by atoms with van der Waals surface area (Å²) in [6.45, 7) is 0. The third kappa shape index (κ3) is 4.84. The maximum atomic E-state index is 13.4. The predicted octanol–water partition coefficient (Wildman–Crippen LogP) is 5.80. The summed E-state index contributed by atoms with van der Waals surface area (Å²) >= 11 is 24.1. The van der Waals surface area contributed by atoms with Gasteiger partial charge < -0.3 is 15.1 Å². The average Bonchev–Trinajstić information content (AvgIpc) is 2.91. The molecule has 4 rings (SSSR count). The smallest absolute Gasteiger partial charge is 0.272 e. The van der Waals surface area contributed by atoms with Crippen molar-refractivity contribution in [3.63, 3.8) is 0 Å². The number of hydrogen-bond donors (Lipinski definition) is 1. The van der Waals surface area contributed by atoms with Crippen molar-refractivity contribution in [3.8, 4) is 0 Å². The van der Waals surface area contributed by atoms with Gasteiger partial charge in [0.1, 0.15) is 0 Å². The summed E-state index contributed by atoms with van der Waals surface area (Å²) < 4.78 is 0. The van der Waals surface area contributed by atoms with E-state index in [1.165, 1.54) is 0 Å². The highest BCUT2D eigenvalue weighted by Crippen LogP contribution is 2.30. The van der Waals surface area contributed by atoms with Crippen molar-refractivity contribution in [3.05, 3.63) is 92.9 Å². The zero-order chi connectivity index (χ0) is 23.7. The van der Waals surface area contributed by atoms with E-state index in [-0.39, 0.29) is 5.91 Å². The van der Waals surface area contributed by atoms with Crippen LogP contribution in [0.5, 0.6) is 0 Å². The van der Waals surface area contributed by atoms with E-state index >= 15 is 0 Å². The lowest BCUT2D eigenvalue weighted by Crippen LogP contribution is -2.49. The Morgan fingerprint density at radius 2 is 1.76 bits per heavy atom. The molecule has 1 aliphatic rings. The van der Waals surface area contributed by atoms with Crippen LogP contribution in [0.1, 0.15) is 11.1 Å². The van der Waals surface area contributed by atoms with Crippen LogP contribution < -0.4 is 15.1 Å². The molecule has 1 N–H and O–H groups in total. The molecule has 5 nitrogen and oxygen atoms in total. The number of nitrogens with zero attached hydrogens (tertiary/aromatic N) is 3. The number of aliphatic imine (C=N–C) groups is 1. The summed E-state index contributed by atoms with van der Waals surface area (Å²) in [5.41, 5.74) is 3.69.